The molecule has 4 aromatic rings. The van der Waals surface area contributed by atoms with Gasteiger partial charge in [0.1, 0.15) is 29.8 Å². The van der Waals surface area contributed by atoms with Gasteiger partial charge < -0.3 is 14.2 Å². The molecule has 0 saturated carbocycles. The molecule has 0 spiro atoms. The standard InChI is InChI=1S/C28H26F3N3O4/c1-17-25(22(35)12-28(15-37-27(2,3)38-16-28)24-10-9-18(29)13-32-24)34-11-5-8-23(26(34)33-17)36-14-19-20(30)6-4-7-21(19)31/h4-11,13H,12,14-16H2,1-3H3. The van der Waals surface area contributed by atoms with Crippen LogP contribution in [0.5, 0.6) is 5.75 Å². The zero-order chi connectivity index (χ0) is 27.1. The van der Waals surface area contributed by atoms with Crippen LogP contribution >= 0.6 is 0 Å². The van der Waals surface area contributed by atoms with Gasteiger partial charge in [-0.2, -0.15) is 0 Å². The normalized spacial score (nSPS) is 16.5. The minimum atomic E-state index is -0.951. The number of aryl methyl sites for hydroxylation is 1. The summed E-state index contributed by atoms with van der Waals surface area (Å²) in [6.45, 7) is 5.18. The highest BCUT2D eigenvalue weighted by Crippen LogP contribution is 2.37. The zero-order valence-corrected chi connectivity index (χ0v) is 21.1. The van der Waals surface area contributed by atoms with Crippen LogP contribution in [0.25, 0.3) is 5.65 Å². The van der Waals surface area contributed by atoms with Crippen molar-refractivity contribution >= 4 is 11.4 Å². The Labute approximate surface area is 217 Å². The van der Waals surface area contributed by atoms with Gasteiger partial charge >= 0.3 is 0 Å². The molecule has 4 heterocycles. The molecule has 38 heavy (non-hydrogen) atoms. The molecule has 0 atom stereocenters. The smallest absolute Gasteiger partial charge is 0.182 e. The van der Waals surface area contributed by atoms with Gasteiger partial charge in [0.2, 0.25) is 0 Å². The Kier molecular flexibility index (Phi) is 6.70. The van der Waals surface area contributed by atoms with Crippen LogP contribution in [-0.2, 0) is 21.5 Å². The van der Waals surface area contributed by atoms with Gasteiger partial charge in [-0.1, -0.05) is 6.07 Å². The van der Waals surface area contributed by atoms with Crippen molar-refractivity contribution in [2.45, 2.75) is 45.0 Å². The average Bonchev–Trinajstić information content (AvgIpc) is 3.22. The lowest BCUT2D eigenvalue weighted by atomic mass is 9.79. The Morgan fingerprint density at radius 1 is 1.05 bits per heavy atom. The minimum Gasteiger partial charge on any atom is -0.485 e. The maximum Gasteiger partial charge on any atom is 0.182 e. The summed E-state index contributed by atoms with van der Waals surface area (Å²) in [7, 11) is 0. The van der Waals surface area contributed by atoms with E-state index >= 15 is 0 Å². The first-order valence-corrected chi connectivity index (χ1v) is 12.1. The quantitative estimate of drug-likeness (QED) is 0.304. The van der Waals surface area contributed by atoms with Crippen LogP contribution < -0.4 is 4.74 Å². The molecule has 7 nitrogen and oxygen atoms in total. The largest absolute Gasteiger partial charge is 0.485 e. The number of imidazole rings is 1. The van der Waals surface area contributed by atoms with Crippen molar-refractivity contribution in [1.82, 2.24) is 14.4 Å². The Morgan fingerprint density at radius 3 is 2.42 bits per heavy atom. The summed E-state index contributed by atoms with van der Waals surface area (Å²) in [6.07, 6.45) is 2.73. The van der Waals surface area contributed by atoms with E-state index in [2.05, 4.69) is 9.97 Å². The topological polar surface area (TPSA) is 75.0 Å². The van der Waals surface area contributed by atoms with Crippen molar-refractivity contribution in [2.24, 2.45) is 0 Å². The molecule has 1 fully saturated rings. The number of ketones is 1. The van der Waals surface area contributed by atoms with Gasteiger partial charge in [0.25, 0.3) is 0 Å². The second-order valence-electron chi connectivity index (χ2n) is 9.82. The number of nitrogens with zero attached hydrogens (tertiary/aromatic N) is 3. The van der Waals surface area contributed by atoms with Crippen molar-refractivity contribution in [1.29, 1.82) is 0 Å². The lowest BCUT2D eigenvalue weighted by molar-refractivity contribution is -0.269. The summed E-state index contributed by atoms with van der Waals surface area (Å²) in [4.78, 5) is 22.5. The van der Waals surface area contributed by atoms with Gasteiger partial charge in [-0.3, -0.25) is 14.2 Å². The number of halogens is 3. The minimum absolute atomic E-state index is 0.0398. The summed E-state index contributed by atoms with van der Waals surface area (Å²) in [5.41, 5.74) is 0.412. The molecular formula is C28H26F3N3O4. The van der Waals surface area contributed by atoms with E-state index < -0.39 is 28.7 Å². The molecule has 0 N–H and O–H groups in total. The fourth-order valence-corrected chi connectivity index (χ4v) is 4.55. The van der Waals surface area contributed by atoms with E-state index in [1.165, 1.54) is 18.2 Å². The molecule has 0 aliphatic carbocycles. The zero-order valence-electron chi connectivity index (χ0n) is 21.1. The van der Waals surface area contributed by atoms with E-state index in [1.807, 2.05) is 0 Å². The van der Waals surface area contributed by atoms with E-state index in [1.54, 1.807) is 43.5 Å². The van der Waals surface area contributed by atoms with E-state index in [0.717, 1.165) is 18.3 Å². The maximum atomic E-state index is 14.1. The van der Waals surface area contributed by atoms with Gasteiger partial charge in [-0.15, -0.1) is 0 Å². The molecule has 3 aromatic heterocycles. The van der Waals surface area contributed by atoms with Crippen LogP contribution in [0.1, 0.15) is 47.7 Å². The van der Waals surface area contributed by atoms with E-state index in [0.29, 0.717) is 22.7 Å². The molecule has 5 rings (SSSR count). The van der Waals surface area contributed by atoms with E-state index in [9.17, 15) is 18.0 Å². The summed E-state index contributed by atoms with van der Waals surface area (Å²) in [6, 6.07) is 9.68. The second kappa shape index (κ2) is 9.85. The van der Waals surface area contributed by atoms with Gasteiger partial charge in [-0.05, 0) is 57.2 Å². The van der Waals surface area contributed by atoms with Crippen LogP contribution in [0.4, 0.5) is 13.2 Å². The number of fused-ring (bicyclic) bond motifs is 1. The third-order valence-electron chi connectivity index (χ3n) is 6.65. The van der Waals surface area contributed by atoms with Gasteiger partial charge in [0.15, 0.2) is 23.0 Å². The molecule has 10 heteroatoms. The van der Waals surface area contributed by atoms with Crippen molar-refractivity contribution in [3.8, 4) is 5.75 Å². The molecular weight excluding hydrogens is 499 g/mol. The lowest BCUT2D eigenvalue weighted by Crippen LogP contribution is -2.50. The Morgan fingerprint density at radius 2 is 1.76 bits per heavy atom. The number of hydrogen-bond donors (Lipinski definition) is 0. The predicted octanol–water partition coefficient (Wildman–Crippen LogP) is 5.33. The van der Waals surface area contributed by atoms with Crippen molar-refractivity contribution in [3.05, 3.63) is 95.0 Å². The summed E-state index contributed by atoms with van der Waals surface area (Å²) < 4.78 is 60.9. The van der Waals surface area contributed by atoms with Crippen molar-refractivity contribution < 1.29 is 32.2 Å². The molecule has 0 amide bonds. The van der Waals surface area contributed by atoms with Crippen LogP contribution in [-0.4, -0.2) is 39.2 Å². The summed E-state index contributed by atoms with van der Waals surface area (Å²) in [5, 5.41) is 0. The molecule has 0 radical (unpaired) electrons. The number of carbonyl (C=O) groups excluding carboxylic acids is 1. The summed E-state index contributed by atoms with van der Waals surface area (Å²) >= 11 is 0. The van der Waals surface area contributed by atoms with Crippen LogP contribution in [0.15, 0.2) is 54.9 Å². The molecule has 1 saturated heterocycles. The molecule has 198 valence electrons. The Balaban J connectivity index is 1.46. The van der Waals surface area contributed by atoms with Crippen molar-refractivity contribution in [3.63, 3.8) is 0 Å². The van der Waals surface area contributed by atoms with E-state index in [-0.39, 0.29) is 43.3 Å². The predicted molar refractivity (Wildman–Crippen MR) is 131 cm³/mol. The van der Waals surface area contributed by atoms with E-state index in [4.69, 9.17) is 14.2 Å². The molecule has 1 aromatic carbocycles. The molecule has 0 unspecified atom stereocenters. The fourth-order valence-electron chi connectivity index (χ4n) is 4.55. The lowest BCUT2D eigenvalue weighted by Gasteiger charge is -2.42. The number of aromatic nitrogens is 3. The molecule has 1 aliphatic rings. The number of ether oxygens (including phenoxy) is 3. The van der Waals surface area contributed by atoms with Gasteiger partial charge in [0.05, 0.1) is 41.8 Å². The number of carbonyl (C=O) groups is 1. The average molecular weight is 526 g/mol. The van der Waals surface area contributed by atoms with Crippen LogP contribution in [0.2, 0.25) is 0 Å². The first kappa shape index (κ1) is 25.9. The molecule has 1 aliphatic heterocycles. The number of Topliss-reactive ketones (excluding diaryl/α,β-unsaturated/α-hetero) is 1. The fraction of sp³-hybridized carbons (Fsp3) is 0.321. The first-order chi connectivity index (χ1) is 18.1. The third-order valence-corrected chi connectivity index (χ3v) is 6.65. The van der Waals surface area contributed by atoms with Gasteiger partial charge in [-0.25, -0.2) is 18.2 Å². The third kappa shape index (κ3) is 4.89. The second-order valence-corrected chi connectivity index (χ2v) is 9.82. The highest BCUT2D eigenvalue weighted by Gasteiger charge is 2.44. The van der Waals surface area contributed by atoms with Crippen LogP contribution in [0.3, 0.4) is 0 Å². The SMILES string of the molecule is Cc1nc2c(OCc3c(F)cccc3F)cccn2c1C(=O)CC1(c2ccc(F)cn2)COC(C)(C)OC1. The van der Waals surface area contributed by atoms with Gasteiger partial charge in [0, 0.05) is 12.6 Å². The highest BCUT2D eigenvalue weighted by atomic mass is 19.1. The number of rotatable bonds is 7. The van der Waals surface area contributed by atoms with Crippen molar-refractivity contribution in [2.75, 3.05) is 13.2 Å². The number of hydrogen-bond acceptors (Lipinski definition) is 6. The first-order valence-electron chi connectivity index (χ1n) is 12.1. The monoisotopic (exact) mass is 525 g/mol. The Hall–Kier alpha value is -3.76. The van der Waals surface area contributed by atoms with Crippen LogP contribution in [0, 0.1) is 24.4 Å². The number of benzene rings is 1. The summed E-state index contributed by atoms with van der Waals surface area (Å²) in [5.74, 6) is -2.76. The number of pyridine rings is 2. The maximum absolute atomic E-state index is 14.1. The Bertz CT molecular complexity index is 1470. The highest BCUT2D eigenvalue weighted by molar-refractivity contribution is 5.97. The molecule has 0 bridgehead atoms.